The summed E-state index contributed by atoms with van der Waals surface area (Å²) in [6, 6.07) is 10.6. The van der Waals surface area contributed by atoms with E-state index in [-0.39, 0.29) is 23.9 Å². The molecule has 8 nitrogen and oxygen atoms in total. The minimum absolute atomic E-state index is 0.119. The maximum absolute atomic E-state index is 13.2. The summed E-state index contributed by atoms with van der Waals surface area (Å²) in [6.45, 7) is 0.402. The van der Waals surface area contributed by atoms with Gasteiger partial charge in [-0.3, -0.25) is 19.1 Å². The fraction of sp³-hybridized carbons (Fsp3) is 0.190. The fourth-order valence-corrected chi connectivity index (χ4v) is 4.80. The van der Waals surface area contributed by atoms with E-state index in [9.17, 15) is 9.59 Å². The molecule has 1 aliphatic rings. The zero-order chi connectivity index (χ0) is 21.4. The highest BCUT2D eigenvalue weighted by molar-refractivity contribution is 7.99. The summed E-state index contributed by atoms with van der Waals surface area (Å²) in [4.78, 5) is 34.4. The van der Waals surface area contributed by atoms with Gasteiger partial charge in [-0.2, -0.15) is 5.10 Å². The van der Waals surface area contributed by atoms with Crippen molar-refractivity contribution in [2.75, 3.05) is 5.75 Å². The Kier molecular flexibility index (Phi) is 5.21. The number of nitrogens with one attached hydrogen (secondary N) is 1. The van der Waals surface area contributed by atoms with Crippen LogP contribution in [0.4, 0.5) is 0 Å². The van der Waals surface area contributed by atoms with Crippen LogP contribution in [0.15, 0.2) is 64.9 Å². The molecule has 0 spiro atoms. The van der Waals surface area contributed by atoms with Crippen LogP contribution in [0.25, 0.3) is 16.7 Å². The molecule has 31 heavy (non-hydrogen) atoms. The van der Waals surface area contributed by atoms with Crippen LogP contribution < -0.4 is 10.9 Å². The molecule has 1 amide bonds. The third-order valence-corrected chi connectivity index (χ3v) is 6.42. The second kappa shape index (κ2) is 8.16. The van der Waals surface area contributed by atoms with Crippen molar-refractivity contribution in [3.8, 4) is 5.69 Å². The molecule has 1 N–H and O–H groups in total. The second-order valence-electron chi connectivity index (χ2n) is 7.15. The first kappa shape index (κ1) is 19.8. The van der Waals surface area contributed by atoms with Crippen molar-refractivity contribution in [3.05, 3.63) is 75.9 Å². The Labute approximate surface area is 186 Å². The maximum Gasteiger partial charge on any atom is 0.265 e. The van der Waals surface area contributed by atoms with Gasteiger partial charge in [0.05, 0.1) is 17.9 Å². The fourth-order valence-electron chi connectivity index (χ4n) is 3.54. The third-order valence-electron chi connectivity index (χ3n) is 5.08. The molecule has 10 heteroatoms. The lowest BCUT2D eigenvalue weighted by molar-refractivity contribution is -0.121. The molecule has 4 heterocycles. The van der Waals surface area contributed by atoms with E-state index in [1.807, 2.05) is 24.3 Å². The minimum Gasteiger partial charge on any atom is -0.352 e. The van der Waals surface area contributed by atoms with Crippen molar-refractivity contribution >= 4 is 40.3 Å². The van der Waals surface area contributed by atoms with E-state index in [1.54, 1.807) is 33.8 Å². The Morgan fingerprint density at radius 2 is 2.06 bits per heavy atom. The van der Waals surface area contributed by atoms with Crippen LogP contribution in [-0.4, -0.2) is 36.0 Å². The predicted molar refractivity (Wildman–Crippen MR) is 119 cm³/mol. The Balaban J connectivity index is 1.39. The van der Waals surface area contributed by atoms with Crippen molar-refractivity contribution in [3.63, 3.8) is 0 Å². The van der Waals surface area contributed by atoms with Gasteiger partial charge in [0.1, 0.15) is 5.39 Å². The van der Waals surface area contributed by atoms with E-state index in [4.69, 9.17) is 11.6 Å². The van der Waals surface area contributed by atoms with Crippen molar-refractivity contribution in [1.29, 1.82) is 0 Å². The van der Waals surface area contributed by atoms with Crippen molar-refractivity contribution in [1.82, 2.24) is 29.6 Å². The number of thioether (sulfide) groups is 1. The molecule has 5 rings (SSSR count). The lowest BCUT2D eigenvalue weighted by Gasteiger charge is -2.13. The lowest BCUT2D eigenvalue weighted by Crippen LogP contribution is -2.30. The smallest absolute Gasteiger partial charge is 0.265 e. The number of pyridine rings is 1. The van der Waals surface area contributed by atoms with E-state index < -0.39 is 0 Å². The Morgan fingerprint density at radius 3 is 2.84 bits per heavy atom. The van der Waals surface area contributed by atoms with Crippen molar-refractivity contribution in [2.45, 2.75) is 24.2 Å². The molecule has 1 aromatic carbocycles. The third kappa shape index (κ3) is 3.82. The van der Waals surface area contributed by atoms with Crippen LogP contribution in [0, 0.1) is 0 Å². The topological polar surface area (TPSA) is 94.7 Å². The molecule has 0 aliphatic carbocycles. The van der Waals surface area contributed by atoms with E-state index in [1.165, 1.54) is 18.0 Å². The summed E-state index contributed by atoms with van der Waals surface area (Å²) in [5.41, 5.74) is 2.00. The zero-order valence-electron chi connectivity index (χ0n) is 16.2. The van der Waals surface area contributed by atoms with Crippen molar-refractivity contribution in [2.24, 2.45) is 0 Å². The lowest BCUT2D eigenvalue weighted by atomic mass is 10.2. The number of hydrogen-bond acceptors (Lipinski definition) is 6. The largest absolute Gasteiger partial charge is 0.352 e. The first-order valence-electron chi connectivity index (χ1n) is 9.65. The van der Waals surface area contributed by atoms with Crippen LogP contribution >= 0.6 is 23.4 Å². The quantitative estimate of drug-likeness (QED) is 0.468. The van der Waals surface area contributed by atoms with Gasteiger partial charge in [-0.1, -0.05) is 29.4 Å². The SMILES string of the molecule is O=C(CC1CSc2nc3c(cnn3-c3ccc(Cl)cc3)c(=O)n21)NCc1cccnc1. The average Bonchev–Trinajstić information content (AvgIpc) is 3.39. The summed E-state index contributed by atoms with van der Waals surface area (Å²) in [5.74, 6) is 0.495. The van der Waals surface area contributed by atoms with Gasteiger partial charge in [0, 0.05) is 36.1 Å². The van der Waals surface area contributed by atoms with Gasteiger partial charge in [0.15, 0.2) is 10.8 Å². The molecule has 1 atom stereocenters. The van der Waals surface area contributed by atoms with Gasteiger partial charge in [-0.05, 0) is 35.9 Å². The first-order valence-corrected chi connectivity index (χ1v) is 11.0. The highest BCUT2D eigenvalue weighted by Crippen LogP contribution is 2.33. The summed E-state index contributed by atoms with van der Waals surface area (Å²) in [7, 11) is 0. The Bertz CT molecular complexity index is 1320. The molecule has 156 valence electrons. The maximum atomic E-state index is 13.2. The summed E-state index contributed by atoms with van der Waals surface area (Å²) < 4.78 is 3.24. The average molecular weight is 453 g/mol. The molecule has 0 saturated heterocycles. The predicted octanol–water partition coefficient (Wildman–Crippen LogP) is 2.98. The molecule has 0 saturated carbocycles. The Morgan fingerprint density at radius 1 is 1.23 bits per heavy atom. The van der Waals surface area contributed by atoms with Crippen LogP contribution in [0.3, 0.4) is 0 Å². The first-order chi connectivity index (χ1) is 15.1. The van der Waals surface area contributed by atoms with Crippen LogP contribution in [0.5, 0.6) is 0 Å². The van der Waals surface area contributed by atoms with Gasteiger partial charge in [-0.15, -0.1) is 0 Å². The van der Waals surface area contributed by atoms with Crippen LogP contribution in [0.1, 0.15) is 18.0 Å². The monoisotopic (exact) mass is 452 g/mol. The molecule has 0 fully saturated rings. The van der Waals surface area contributed by atoms with E-state index >= 15 is 0 Å². The van der Waals surface area contributed by atoms with Gasteiger partial charge < -0.3 is 5.32 Å². The molecule has 3 aromatic heterocycles. The molecule has 0 radical (unpaired) electrons. The number of fused-ring (bicyclic) bond motifs is 2. The molecular weight excluding hydrogens is 436 g/mol. The number of rotatable bonds is 5. The van der Waals surface area contributed by atoms with Crippen LogP contribution in [-0.2, 0) is 11.3 Å². The standard InChI is InChI=1S/C21H17ClN6O2S/c22-14-3-5-15(6-4-14)28-19-17(11-25-28)20(30)27-16(12-31-21(27)26-19)8-18(29)24-10-13-2-1-7-23-9-13/h1-7,9,11,16H,8,10,12H2,(H,24,29). The molecular formula is C21H17ClN6O2S. The van der Waals surface area contributed by atoms with Gasteiger partial charge >= 0.3 is 0 Å². The number of amides is 1. The molecule has 1 unspecified atom stereocenters. The molecule has 1 aliphatic heterocycles. The number of carbonyl (C=O) groups is 1. The van der Waals surface area contributed by atoms with E-state index in [2.05, 4.69) is 20.4 Å². The Hall–Kier alpha value is -3.17. The number of halogens is 1. The molecule has 4 aromatic rings. The van der Waals surface area contributed by atoms with Crippen molar-refractivity contribution < 1.29 is 4.79 Å². The number of aromatic nitrogens is 5. The zero-order valence-corrected chi connectivity index (χ0v) is 17.8. The number of carbonyl (C=O) groups excluding carboxylic acids is 1. The summed E-state index contributed by atoms with van der Waals surface area (Å²) >= 11 is 7.44. The van der Waals surface area contributed by atoms with Gasteiger partial charge in [0.25, 0.3) is 5.56 Å². The normalized spacial score (nSPS) is 15.2. The second-order valence-corrected chi connectivity index (χ2v) is 8.57. The molecule has 0 bridgehead atoms. The minimum atomic E-state index is -0.253. The van der Waals surface area contributed by atoms with Gasteiger partial charge in [-0.25, -0.2) is 9.67 Å². The van der Waals surface area contributed by atoms with Crippen LogP contribution in [0.2, 0.25) is 5.02 Å². The number of hydrogen-bond donors (Lipinski definition) is 1. The highest BCUT2D eigenvalue weighted by atomic mass is 35.5. The van der Waals surface area contributed by atoms with E-state index in [0.29, 0.717) is 33.5 Å². The van der Waals surface area contributed by atoms with Gasteiger partial charge in [0.2, 0.25) is 5.91 Å². The van der Waals surface area contributed by atoms with E-state index in [0.717, 1.165) is 11.3 Å². The highest BCUT2D eigenvalue weighted by Gasteiger charge is 2.29. The summed E-state index contributed by atoms with van der Waals surface area (Å²) in [5, 5.41) is 8.88. The summed E-state index contributed by atoms with van der Waals surface area (Å²) in [6.07, 6.45) is 5.13. The number of nitrogens with zero attached hydrogens (tertiary/aromatic N) is 5. The number of benzene rings is 1.